The highest BCUT2D eigenvalue weighted by molar-refractivity contribution is 6.70. The number of Topliss-reactive ketones (excluding diaryl/α,β-unsaturated/α-hetero) is 1. The third-order valence-electron chi connectivity index (χ3n) is 10.9. The molecule has 38 heavy (non-hydrogen) atoms. The van der Waals surface area contributed by atoms with Crippen LogP contribution >= 0.6 is 0 Å². The standard InChI is InChI=1S/C33H58O3Si2/c1-22(2)30(34)17-12-23(3)27-15-16-28-26-14-13-24-20-25(35-37(6,7)8)21-31(36-38(9,10)11)33(24,5)29(26)18-19-32(27,28)4/h13-14,22-23,25,27-29,31H,12,15-21H2,1-11H3/t23-,25-,27-,28+,29+,31+,32-,33+/m1/s1. The lowest BCUT2D eigenvalue weighted by Crippen LogP contribution is -2.56. The van der Waals surface area contributed by atoms with Gasteiger partial charge < -0.3 is 8.85 Å². The van der Waals surface area contributed by atoms with Gasteiger partial charge in [-0.25, -0.2) is 0 Å². The minimum atomic E-state index is -1.73. The Kier molecular flexibility index (Phi) is 8.60. The smallest absolute Gasteiger partial charge is 0.184 e. The molecular formula is C33H58O3Si2. The van der Waals surface area contributed by atoms with E-state index in [0.29, 0.717) is 29.0 Å². The first kappa shape index (κ1) is 30.5. The molecule has 3 nitrogen and oxygen atoms in total. The highest BCUT2D eigenvalue weighted by atomic mass is 28.4. The maximum atomic E-state index is 12.4. The molecule has 0 heterocycles. The molecule has 0 aromatic rings. The fourth-order valence-corrected chi connectivity index (χ4v) is 11.4. The molecule has 3 saturated carbocycles. The number of fused-ring (bicyclic) bond motifs is 5. The third kappa shape index (κ3) is 5.92. The van der Waals surface area contributed by atoms with E-state index in [1.165, 1.54) is 25.7 Å². The zero-order valence-corrected chi connectivity index (χ0v) is 28.6. The number of ketones is 1. The predicted octanol–water partition coefficient (Wildman–Crippen LogP) is 9.18. The highest BCUT2D eigenvalue weighted by Crippen LogP contribution is 2.66. The molecule has 5 heteroatoms. The fourth-order valence-electron chi connectivity index (χ4n) is 9.03. The minimum absolute atomic E-state index is 0.0817. The number of carbonyl (C=O) groups excluding carboxylic acids is 1. The molecule has 0 saturated heterocycles. The number of hydrogen-bond donors (Lipinski definition) is 0. The molecule has 0 spiro atoms. The second-order valence-electron chi connectivity index (χ2n) is 16.1. The first-order valence-corrected chi connectivity index (χ1v) is 22.6. The van der Waals surface area contributed by atoms with E-state index in [9.17, 15) is 4.79 Å². The van der Waals surface area contributed by atoms with E-state index in [1.807, 2.05) is 13.8 Å². The van der Waals surface area contributed by atoms with Crippen molar-refractivity contribution in [3.63, 3.8) is 0 Å². The second kappa shape index (κ2) is 10.7. The molecule has 0 aromatic heterocycles. The van der Waals surface area contributed by atoms with Crippen molar-refractivity contribution >= 4 is 22.4 Å². The molecule has 0 amide bonds. The molecule has 4 aliphatic rings. The van der Waals surface area contributed by atoms with Crippen LogP contribution in [-0.4, -0.2) is 34.6 Å². The number of carbonyl (C=O) groups is 1. The van der Waals surface area contributed by atoms with Gasteiger partial charge in [-0.1, -0.05) is 57.9 Å². The Morgan fingerprint density at radius 3 is 2.21 bits per heavy atom. The molecule has 0 radical (unpaired) electrons. The average molecular weight is 559 g/mol. The summed E-state index contributed by atoms with van der Waals surface area (Å²) in [4.78, 5) is 12.4. The molecule has 4 rings (SSSR count). The Hall–Kier alpha value is -0.496. The summed E-state index contributed by atoms with van der Waals surface area (Å²) in [6, 6.07) is 0. The number of rotatable bonds is 9. The Balaban J connectivity index is 1.61. The van der Waals surface area contributed by atoms with E-state index in [2.05, 4.69) is 72.2 Å². The van der Waals surface area contributed by atoms with E-state index in [4.69, 9.17) is 8.85 Å². The minimum Gasteiger partial charge on any atom is -0.414 e. The van der Waals surface area contributed by atoms with Gasteiger partial charge in [0.05, 0.1) is 12.2 Å². The number of allylic oxidation sites excluding steroid dienone is 3. The molecule has 216 valence electrons. The molecule has 0 bridgehead atoms. The molecular weight excluding hydrogens is 501 g/mol. The zero-order valence-electron chi connectivity index (χ0n) is 26.6. The van der Waals surface area contributed by atoms with Gasteiger partial charge in [0.15, 0.2) is 16.6 Å². The van der Waals surface area contributed by atoms with Crippen molar-refractivity contribution in [3.05, 3.63) is 23.3 Å². The fraction of sp³-hybridized carbons (Fsp3) is 0.848. The lowest BCUT2D eigenvalue weighted by atomic mass is 9.49. The Morgan fingerprint density at radius 1 is 0.947 bits per heavy atom. The summed E-state index contributed by atoms with van der Waals surface area (Å²) in [7, 11) is -3.35. The van der Waals surface area contributed by atoms with Crippen LogP contribution in [0.1, 0.15) is 86.0 Å². The van der Waals surface area contributed by atoms with Gasteiger partial charge in [-0.15, -0.1) is 0 Å². The SMILES string of the molecule is CC(C)C(=O)CC[C@@H](C)[C@H]1CC[C@H]2C3=CC=C4C[C@@H](O[Si](C)(C)C)C[C@H](O[Si](C)(C)C)[C@]4(C)[C@H]3CC[C@]12C. The van der Waals surface area contributed by atoms with Gasteiger partial charge in [-0.05, 0) is 113 Å². The van der Waals surface area contributed by atoms with E-state index < -0.39 is 16.6 Å². The predicted molar refractivity (Wildman–Crippen MR) is 165 cm³/mol. The van der Waals surface area contributed by atoms with Gasteiger partial charge in [0.25, 0.3) is 0 Å². The van der Waals surface area contributed by atoms with Crippen LogP contribution in [0.4, 0.5) is 0 Å². The maximum Gasteiger partial charge on any atom is 0.184 e. The Labute approximate surface area is 236 Å². The maximum absolute atomic E-state index is 12.4. The highest BCUT2D eigenvalue weighted by Gasteiger charge is 2.59. The Bertz CT molecular complexity index is 954. The van der Waals surface area contributed by atoms with Crippen molar-refractivity contribution in [1.82, 2.24) is 0 Å². The second-order valence-corrected chi connectivity index (χ2v) is 25.0. The zero-order chi connectivity index (χ0) is 28.3. The van der Waals surface area contributed by atoms with E-state index in [0.717, 1.165) is 31.6 Å². The molecule has 0 aliphatic heterocycles. The van der Waals surface area contributed by atoms with Gasteiger partial charge in [0, 0.05) is 17.8 Å². The van der Waals surface area contributed by atoms with Crippen molar-refractivity contribution in [1.29, 1.82) is 0 Å². The monoisotopic (exact) mass is 558 g/mol. The van der Waals surface area contributed by atoms with Gasteiger partial charge >= 0.3 is 0 Å². The van der Waals surface area contributed by atoms with Crippen LogP contribution in [0.5, 0.6) is 0 Å². The van der Waals surface area contributed by atoms with Crippen LogP contribution in [0, 0.1) is 40.4 Å². The quantitative estimate of drug-likeness (QED) is 0.265. The van der Waals surface area contributed by atoms with Gasteiger partial charge in [0.2, 0.25) is 0 Å². The summed E-state index contributed by atoms with van der Waals surface area (Å²) >= 11 is 0. The molecule has 0 N–H and O–H groups in total. The summed E-state index contributed by atoms with van der Waals surface area (Å²) in [5.74, 6) is 3.20. The van der Waals surface area contributed by atoms with Crippen molar-refractivity contribution in [2.75, 3.05) is 0 Å². The van der Waals surface area contributed by atoms with Gasteiger partial charge in [0.1, 0.15) is 5.78 Å². The first-order valence-electron chi connectivity index (χ1n) is 15.7. The summed E-state index contributed by atoms with van der Waals surface area (Å²) in [6.07, 6.45) is 14.7. The summed E-state index contributed by atoms with van der Waals surface area (Å²) < 4.78 is 13.8. The van der Waals surface area contributed by atoms with Crippen molar-refractivity contribution in [3.8, 4) is 0 Å². The molecule has 3 fully saturated rings. The molecule has 0 aromatic carbocycles. The van der Waals surface area contributed by atoms with Crippen LogP contribution in [0.3, 0.4) is 0 Å². The van der Waals surface area contributed by atoms with Crippen LogP contribution in [-0.2, 0) is 13.6 Å². The number of hydrogen-bond acceptors (Lipinski definition) is 3. The van der Waals surface area contributed by atoms with E-state index in [-0.39, 0.29) is 23.5 Å². The van der Waals surface area contributed by atoms with Crippen molar-refractivity contribution in [2.24, 2.45) is 40.4 Å². The van der Waals surface area contributed by atoms with Crippen molar-refractivity contribution in [2.45, 2.75) is 137 Å². The van der Waals surface area contributed by atoms with Crippen molar-refractivity contribution < 1.29 is 13.6 Å². The molecule has 8 atom stereocenters. The topological polar surface area (TPSA) is 35.5 Å². The van der Waals surface area contributed by atoms with Gasteiger partial charge in [-0.2, -0.15) is 0 Å². The normalized spacial score (nSPS) is 38.2. The van der Waals surface area contributed by atoms with Crippen LogP contribution < -0.4 is 0 Å². The largest absolute Gasteiger partial charge is 0.414 e. The van der Waals surface area contributed by atoms with Crippen LogP contribution in [0.2, 0.25) is 39.3 Å². The van der Waals surface area contributed by atoms with Crippen LogP contribution in [0.25, 0.3) is 0 Å². The first-order chi connectivity index (χ1) is 17.5. The summed E-state index contributed by atoms with van der Waals surface area (Å²) in [5, 5.41) is 0. The molecule has 0 unspecified atom stereocenters. The van der Waals surface area contributed by atoms with Gasteiger partial charge in [-0.3, -0.25) is 4.79 Å². The van der Waals surface area contributed by atoms with E-state index >= 15 is 0 Å². The average Bonchev–Trinajstić information content (AvgIpc) is 3.13. The van der Waals surface area contributed by atoms with E-state index in [1.54, 1.807) is 11.1 Å². The lowest BCUT2D eigenvalue weighted by Gasteiger charge is -2.58. The lowest BCUT2D eigenvalue weighted by molar-refractivity contribution is -0.122. The third-order valence-corrected chi connectivity index (χ3v) is 12.9. The summed E-state index contributed by atoms with van der Waals surface area (Å²) in [5.41, 5.74) is 3.75. The van der Waals surface area contributed by atoms with Crippen LogP contribution in [0.15, 0.2) is 23.3 Å². The Morgan fingerprint density at radius 2 is 1.61 bits per heavy atom. The summed E-state index contributed by atoms with van der Waals surface area (Å²) in [6.45, 7) is 25.7. The molecule has 4 aliphatic carbocycles.